The standard InChI is InChI=1S/C25H28FN3O4/c1-29(17-4-2-5-17)10-3-11-30-22-15-19-23(25-24(22)31-12-13-32-25)21(8-9-28-19)33-20-7-6-16(27)14-18(20)26/h6-9,14-15,17H,2-5,10-13,27H2,1H3. The summed E-state index contributed by atoms with van der Waals surface area (Å²) >= 11 is 0. The van der Waals surface area contributed by atoms with E-state index in [1.54, 1.807) is 18.3 Å². The summed E-state index contributed by atoms with van der Waals surface area (Å²) in [5.41, 5.74) is 6.60. The molecule has 1 saturated carbocycles. The maximum atomic E-state index is 14.3. The summed E-state index contributed by atoms with van der Waals surface area (Å²) < 4.78 is 38.2. The largest absolute Gasteiger partial charge is 0.489 e. The summed E-state index contributed by atoms with van der Waals surface area (Å²) in [6, 6.07) is 8.52. The Morgan fingerprint density at radius 1 is 1.09 bits per heavy atom. The number of nitrogens with two attached hydrogens (primary N) is 1. The average Bonchev–Trinajstić information content (AvgIpc) is 2.77. The fraction of sp³-hybridized carbons (Fsp3) is 0.400. The minimum absolute atomic E-state index is 0.0677. The summed E-state index contributed by atoms with van der Waals surface area (Å²) in [4.78, 5) is 6.88. The molecule has 2 N–H and O–H groups in total. The number of pyridine rings is 1. The SMILES string of the molecule is CN(CCCOc1cc2nccc(Oc3ccc(N)cc3F)c2c2c1OCCO2)C1CCC1. The van der Waals surface area contributed by atoms with Crippen molar-refractivity contribution in [1.29, 1.82) is 0 Å². The van der Waals surface area contributed by atoms with E-state index >= 15 is 0 Å². The van der Waals surface area contributed by atoms with Gasteiger partial charge in [0.25, 0.3) is 0 Å². The number of anilines is 1. The van der Waals surface area contributed by atoms with Crippen molar-refractivity contribution < 1.29 is 23.3 Å². The number of fused-ring (bicyclic) bond motifs is 3. The molecule has 0 unspecified atom stereocenters. The monoisotopic (exact) mass is 453 g/mol. The summed E-state index contributed by atoms with van der Waals surface area (Å²) in [5.74, 6) is 1.55. The van der Waals surface area contributed by atoms with E-state index in [9.17, 15) is 4.39 Å². The lowest BCUT2D eigenvalue weighted by atomic mass is 9.92. The Hall–Kier alpha value is -3.26. The first-order chi connectivity index (χ1) is 16.1. The highest BCUT2D eigenvalue weighted by Crippen LogP contribution is 2.48. The van der Waals surface area contributed by atoms with Crippen molar-refractivity contribution in [3.63, 3.8) is 0 Å². The maximum absolute atomic E-state index is 14.3. The van der Waals surface area contributed by atoms with Gasteiger partial charge in [-0.25, -0.2) is 4.39 Å². The molecule has 174 valence electrons. The summed E-state index contributed by atoms with van der Waals surface area (Å²) in [7, 11) is 2.17. The van der Waals surface area contributed by atoms with Gasteiger partial charge in [0.15, 0.2) is 23.1 Å². The lowest BCUT2D eigenvalue weighted by molar-refractivity contribution is 0.144. The Morgan fingerprint density at radius 3 is 2.67 bits per heavy atom. The van der Waals surface area contributed by atoms with Crippen LogP contribution in [0.4, 0.5) is 10.1 Å². The van der Waals surface area contributed by atoms with E-state index < -0.39 is 5.82 Å². The molecule has 0 saturated heterocycles. The molecule has 1 aliphatic heterocycles. The lowest BCUT2D eigenvalue weighted by Gasteiger charge is -2.34. The maximum Gasteiger partial charge on any atom is 0.204 e. The zero-order chi connectivity index (χ0) is 22.8. The number of nitrogens with zero attached hydrogens (tertiary/aromatic N) is 2. The van der Waals surface area contributed by atoms with Gasteiger partial charge in [-0.15, -0.1) is 0 Å². The molecular weight excluding hydrogens is 425 g/mol. The molecule has 33 heavy (non-hydrogen) atoms. The van der Waals surface area contributed by atoms with Crippen LogP contribution in [0.15, 0.2) is 36.5 Å². The van der Waals surface area contributed by atoms with Gasteiger partial charge in [0.2, 0.25) is 5.75 Å². The van der Waals surface area contributed by atoms with Gasteiger partial charge < -0.3 is 29.6 Å². The van der Waals surface area contributed by atoms with E-state index in [1.807, 2.05) is 6.07 Å². The van der Waals surface area contributed by atoms with E-state index in [4.69, 9.17) is 24.7 Å². The molecule has 0 atom stereocenters. The highest BCUT2D eigenvalue weighted by atomic mass is 19.1. The third-order valence-corrected chi connectivity index (χ3v) is 6.23. The van der Waals surface area contributed by atoms with E-state index in [0.717, 1.165) is 13.0 Å². The first-order valence-corrected chi connectivity index (χ1v) is 11.4. The quantitative estimate of drug-likeness (QED) is 0.389. The summed E-state index contributed by atoms with van der Waals surface area (Å²) in [6.45, 7) is 2.36. The average molecular weight is 454 g/mol. The molecule has 5 rings (SSSR count). The van der Waals surface area contributed by atoms with Crippen LogP contribution in [0, 0.1) is 5.82 Å². The lowest BCUT2D eigenvalue weighted by Crippen LogP contribution is -2.38. The number of rotatable bonds is 8. The minimum atomic E-state index is -0.544. The Kier molecular flexibility index (Phi) is 6.09. The molecule has 0 spiro atoms. The van der Waals surface area contributed by atoms with Crippen LogP contribution in [0.5, 0.6) is 28.7 Å². The molecule has 7 nitrogen and oxygen atoms in total. The number of hydrogen-bond acceptors (Lipinski definition) is 7. The molecule has 0 bridgehead atoms. The van der Waals surface area contributed by atoms with E-state index in [1.165, 1.54) is 31.4 Å². The molecule has 2 aliphatic rings. The second kappa shape index (κ2) is 9.31. The number of ether oxygens (including phenoxy) is 4. The van der Waals surface area contributed by atoms with Crippen LogP contribution in [-0.2, 0) is 0 Å². The molecule has 2 heterocycles. The number of halogens is 1. The van der Waals surface area contributed by atoms with Gasteiger partial charge in [-0.2, -0.15) is 0 Å². The van der Waals surface area contributed by atoms with Crippen LogP contribution in [0.3, 0.4) is 0 Å². The fourth-order valence-corrected chi connectivity index (χ4v) is 4.19. The first kappa shape index (κ1) is 21.6. The predicted molar refractivity (Wildman–Crippen MR) is 124 cm³/mol. The van der Waals surface area contributed by atoms with Gasteiger partial charge in [-0.3, -0.25) is 4.98 Å². The van der Waals surface area contributed by atoms with Crippen LogP contribution in [-0.4, -0.2) is 49.3 Å². The third kappa shape index (κ3) is 4.48. The smallest absolute Gasteiger partial charge is 0.204 e. The number of aromatic nitrogens is 1. The van der Waals surface area contributed by atoms with E-state index in [2.05, 4.69) is 16.9 Å². The van der Waals surface area contributed by atoms with Crippen LogP contribution in [0.2, 0.25) is 0 Å². The Bertz CT molecular complexity index is 1150. The molecule has 2 aromatic carbocycles. The second-order valence-electron chi connectivity index (χ2n) is 8.49. The Balaban J connectivity index is 1.40. The van der Waals surface area contributed by atoms with Gasteiger partial charge in [0, 0.05) is 36.6 Å². The van der Waals surface area contributed by atoms with E-state index in [0.29, 0.717) is 65.5 Å². The second-order valence-corrected chi connectivity index (χ2v) is 8.49. The zero-order valence-corrected chi connectivity index (χ0v) is 18.7. The third-order valence-electron chi connectivity index (χ3n) is 6.23. The molecule has 0 amide bonds. The van der Waals surface area contributed by atoms with Gasteiger partial charge in [0.1, 0.15) is 19.0 Å². The van der Waals surface area contributed by atoms with Gasteiger partial charge in [-0.1, -0.05) is 6.42 Å². The minimum Gasteiger partial charge on any atom is -0.489 e. The van der Waals surface area contributed by atoms with Crippen molar-refractivity contribution in [2.75, 3.05) is 39.1 Å². The van der Waals surface area contributed by atoms with Crippen LogP contribution in [0.1, 0.15) is 25.7 Å². The topological polar surface area (TPSA) is 79.1 Å². The molecule has 3 aromatic rings. The molecular formula is C25H28FN3O4. The molecule has 1 aromatic heterocycles. The Morgan fingerprint density at radius 2 is 1.91 bits per heavy atom. The van der Waals surface area contributed by atoms with Crippen molar-refractivity contribution in [2.45, 2.75) is 31.7 Å². The summed E-state index contributed by atoms with van der Waals surface area (Å²) in [5, 5.41) is 0.612. The molecule has 0 radical (unpaired) electrons. The molecule has 1 aliphatic carbocycles. The van der Waals surface area contributed by atoms with Crippen molar-refractivity contribution in [3.05, 3.63) is 42.3 Å². The van der Waals surface area contributed by atoms with Crippen molar-refractivity contribution in [3.8, 4) is 28.7 Å². The van der Waals surface area contributed by atoms with Gasteiger partial charge in [-0.05, 0) is 44.5 Å². The molecule has 8 heteroatoms. The van der Waals surface area contributed by atoms with Crippen molar-refractivity contribution in [2.24, 2.45) is 0 Å². The molecule has 1 fully saturated rings. The van der Waals surface area contributed by atoms with Gasteiger partial charge in [0.05, 0.1) is 17.5 Å². The van der Waals surface area contributed by atoms with Crippen LogP contribution >= 0.6 is 0 Å². The fourth-order valence-electron chi connectivity index (χ4n) is 4.19. The van der Waals surface area contributed by atoms with Crippen LogP contribution < -0.4 is 24.7 Å². The predicted octanol–water partition coefficient (Wildman–Crippen LogP) is 4.77. The van der Waals surface area contributed by atoms with E-state index in [-0.39, 0.29) is 5.75 Å². The highest BCUT2D eigenvalue weighted by Gasteiger charge is 2.25. The first-order valence-electron chi connectivity index (χ1n) is 11.4. The van der Waals surface area contributed by atoms with Gasteiger partial charge >= 0.3 is 0 Å². The highest BCUT2D eigenvalue weighted by molar-refractivity contribution is 5.95. The normalized spacial score (nSPS) is 15.5. The zero-order valence-electron chi connectivity index (χ0n) is 18.7. The van der Waals surface area contributed by atoms with Crippen molar-refractivity contribution in [1.82, 2.24) is 9.88 Å². The summed E-state index contributed by atoms with van der Waals surface area (Å²) in [6.07, 6.45) is 6.43. The van der Waals surface area contributed by atoms with Crippen molar-refractivity contribution >= 4 is 16.6 Å². The number of benzene rings is 2. The number of nitrogen functional groups attached to an aromatic ring is 1. The van der Waals surface area contributed by atoms with Crippen LogP contribution in [0.25, 0.3) is 10.9 Å². The number of hydrogen-bond donors (Lipinski definition) is 1. The Labute approximate surface area is 192 Å².